The van der Waals surface area contributed by atoms with Gasteiger partial charge in [-0.05, 0) is 25.5 Å². The number of nitrogens with zero attached hydrogens (tertiary/aromatic N) is 1. The number of aliphatic hydroxyl groups is 1. The highest BCUT2D eigenvalue weighted by molar-refractivity contribution is 5.77. The second-order valence-corrected chi connectivity index (χ2v) is 4.92. The fourth-order valence-corrected chi connectivity index (χ4v) is 2.03. The number of esters is 1. The second-order valence-electron chi connectivity index (χ2n) is 4.92. The predicted molar refractivity (Wildman–Crippen MR) is 86.1 cm³/mol. The largest absolute Gasteiger partial charge is 0.494 e. The Balaban J connectivity index is 2.28. The summed E-state index contributed by atoms with van der Waals surface area (Å²) in [6, 6.07) is 9.41. The Kier molecular flexibility index (Phi) is 9.47. The number of para-hydroxylation sites is 1. The van der Waals surface area contributed by atoms with Crippen LogP contribution in [0.2, 0.25) is 0 Å². The zero-order chi connectivity index (χ0) is 16.9. The Morgan fingerprint density at radius 1 is 1.13 bits per heavy atom. The predicted octanol–water partition coefficient (Wildman–Crippen LogP) is 1.62. The van der Waals surface area contributed by atoms with E-state index in [1.807, 2.05) is 30.3 Å². The molecular weight excluding hydrogens is 298 g/mol. The summed E-state index contributed by atoms with van der Waals surface area (Å²) >= 11 is 0. The minimum Gasteiger partial charge on any atom is -0.494 e. The van der Waals surface area contributed by atoms with E-state index in [2.05, 4.69) is 0 Å². The van der Waals surface area contributed by atoms with Gasteiger partial charge in [0.1, 0.15) is 5.75 Å². The highest BCUT2D eigenvalue weighted by atomic mass is 16.5. The summed E-state index contributed by atoms with van der Waals surface area (Å²) in [5, 5.41) is 9.04. The fourth-order valence-electron chi connectivity index (χ4n) is 2.03. The monoisotopic (exact) mass is 323 g/mol. The van der Waals surface area contributed by atoms with Gasteiger partial charge in [0.2, 0.25) is 5.91 Å². The van der Waals surface area contributed by atoms with Gasteiger partial charge in [0.15, 0.2) is 0 Å². The number of hydrogen-bond donors (Lipinski definition) is 1. The van der Waals surface area contributed by atoms with E-state index in [-0.39, 0.29) is 38.0 Å². The molecule has 23 heavy (non-hydrogen) atoms. The van der Waals surface area contributed by atoms with Gasteiger partial charge in [-0.15, -0.1) is 0 Å². The van der Waals surface area contributed by atoms with E-state index in [9.17, 15) is 9.59 Å². The van der Waals surface area contributed by atoms with Gasteiger partial charge < -0.3 is 19.5 Å². The van der Waals surface area contributed by atoms with Crippen LogP contribution in [0.4, 0.5) is 0 Å². The molecule has 6 heteroatoms. The van der Waals surface area contributed by atoms with Crippen molar-refractivity contribution in [3.05, 3.63) is 30.3 Å². The van der Waals surface area contributed by atoms with Gasteiger partial charge >= 0.3 is 5.97 Å². The van der Waals surface area contributed by atoms with E-state index in [0.29, 0.717) is 26.1 Å². The van der Waals surface area contributed by atoms with Crippen molar-refractivity contribution in [2.75, 3.05) is 32.9 Å². The lowest BCUT2D eigenvalue weighted by atomic mass is 10.2. The van der Waals surface area contributed by atoms with E-state index in [4.69, 9.17) is 14.6 Å². The molecule has 0 unspecified atom stereocenters. The van der Waals surface area contributed by atoms with Crippen LogP contribution in [-0.4, -0.2) is 54.8 Å². The summed E-state index contributed by atoms with van der Waals surface area (Å²) in [6.45, 7) is 2.86. The van der Waals surface area contributed by atoms with Crippen LogP contribution < -0.4 is 4.74 Å². The van der Waals surface area contributed by atoms with Crippen molar-refractivity contribution in [3.8, 4) is 5.75 Å². The number of amides is 1. The molecule has 0 aliphatic carbocycles. The number of benzene rings is 1. The lowest BCUT2D eigenvalue weighted by Gasteiger charge is -2.21. The van der Waals surface area contributed by atoms with E-state index < -0.39 is 0 Å². The van der Waals surface area contributed by atoms with Crippen molar-refractivity contribution in [2.45, 2.75) is 26.2 Å². The van der Waals surface area contributed by atoms with Gasteiger partial charge in [0.25, 0.3) is 0 Å². The molecule has 6 nitrogen and oxygen atoms in total. The zero-order valence-corrected chi connectivity index (χ0v) is 13.6. The minimum atomic E-state index is -0.337. The smallest absolute Gasteiger partial charge is 0.307 e. The second kappa shape index (κ2) is 11.5. The summed E-state index contributed by atoms with van der Waals surface area (Å²) in [4.78, 5) is 25.0. The summed E-state index contributed by atoms with van der Waals surface area (Å²) in [6.07, 6.45) is 1.03. The summed E-state index contributed by atoms with van der Waals surface area (Å²) < 4.78 is 10.4. The maximum absolute atomic E-state index is 12.1. The van der Waals surface area contributed by atoms with Crippen LogP contribution in [0.25, 0.3) is 0 Å². The molecule has 1 rings (SSSR count). The molecule has 0 heterocycles. The first kappa shape index (κ1) is 19.0. The third-order valence-corrected chi connectivity index (χ3v) is 3.16. The highest BCUT2D eigenvalue weighted by Crippen LogP contribution is 2.09. The van der Waals surface area contributed by atoms with E-state index in [0.717, 1.165) is 5.75 Å². The molecule has 0 spiro atoms. The van der Waals surface area contributed by atoms with Crippen LogP contribution in [0, 0.1) is 0 Å². The molecule has 0 saturated heterocycles. The molecule has 0 aromatic heterocycles. The molecule has 0 fully saturated rings. The minimum absolute atomic E-state index is 0.0972. The normalized spacial score (nSPS) is 10.2. The SMILES string of the molecule is CCOC(=O)CCN(CCO)C(=O)CCCOc1ccccc1. The first-order valence-corrected chi connectivity index (χ1v) is 7.89. The van der Waals surface area contributed by atoms with Crippen molar-refractivity contribution in [3.63, 3.8) is 0 Å². The van der Waals surface area contributed by atoms with Gasteiger partial charge in [-0.2, -0.15) is 0 Å². The Morgan fingerprint density at radius 3 is 2.52 bits per heavy atom. The average molecular weight is 323 g/mol. The van der Waals surface area contributed by atoms with Crippen LogP contribution in [0.5, 0.6) is 5.75 Å². The highest BCUT2D eigenvalue weighted by Gasteiger charge is 2.14. The van der Waals surface area contributed by atoms with Gasteiger partial charge in [-0.1, -0.05) is 18.2 Å². The lowest BCUT2D eigenvalue weighted by molar-refractivity contribution is -0.144. The van der Waals surface area contributed by atoms with E-state index in [1.54, 1.807) is 6.92 Å². The molecule has 0 atom stereocenters. The Labute approximate surface area is 137 Å². The van der Waals surface area contributed by atoms with Crippen LogP contribution in [0.15, 0.2) is 30.3 Å². The van der Waals surface area contributed by atoms with Crippen LogP contribution in [-0.2, 0) is 14.3 Å². The molecule has 1 aromatic rings. The molecule has 0 aliphatic rings. The molecule has 1 aromatic carbocycles. The molecule has 0 saturated carbocycles. The van der Waals surface area contributed by atoms with Gasteiger partial charge in [-0.3, -0.25) is 9.59 Å². The Morgan fingerprint density at radius 2 is 1.87 bits per heavy atom. The van der Waals surface area contributed by atoms with Crippen LogP contribution in [0.1, 0.15) is 26.2 Å². The lowest BCUT2D eigenvalue weighted by Crippen LogP contribution is -2.35. The summed E-state index contributed by atoms with van der Waals surface area (Å²) in [5.41, 5.74) is 0. The standard InChI is InChI=1S/C17H25NO5/c1-2-22-17(21)10-11-18(12-13-19)16(20)9-6-14-23-15-7-4-3-5-8-15/h3-5,7-8,19H,2,6,9-14H2,1H3. The number of aliphatic hydroxyl groups excluding tert-OH is 1. The fraction of sp³-hybridized carbons (Fsp3) is 0.529. The first-order chi connectivity index (χ1) is 11.2. The number of carbonyl (C=O) groups is 2. The topological polar surface area (TPSA) is 76.1 Å². The Hall–Kier alpha value is -2.08. The molecule has 0 radical (unpaired) electrons. The molecule has 1 amide bonds. The van der Waals surface area contributed by atoms with Crippen LogP contribution >= 0.6 is 0 Å². The zero-order valence-electron chi connectivity index (χ0n) is 13.6. The van der Waals surface area contributed by atoms with Crippen molar-refractivity contribution >= 4 is 11.9 Å². The van der Waals surface area contributed by atoms with Crippen molar-refractivity contribution in [1.29, 1.82) is 0 Å². The van der Waals surface area contributed by atoms with Gasteiger partial charge in [0, 0.05) is 19.5 Å². The maximum Gasteiger partial charge on any atom is 0.307 e. The molecule has 0 aliphatic heterocycles. The van der Waals surface area contributed by atoms with Gasteiger partial charge in [0.05, 0.1) is 26.2 Å². The van der Waals surface area contributed by atoms with Crippen LogP contribution in [0.3, 0.4) is 0 Å². The number of rotatable bonds is 11. The third-order valence-electron chi connectivity index (χ3n) is 3.16. The maximum atomic E-state index is 12.1. The van der Waals surface area contributed by atoms with Crippen molar-refractivity contribution < 1.29 is 24.2 Å². The number of hydrogen-bond acceptors (Lipinski definition) is 5. The third kappa shape index (κ3) is 8.21. The van der Waals surface area contributed by atoms with E-state index >= 15 is 0 Å². The Bertz CT molecular complexity index is 463. The first-order valence-electron chi connectivity index (χ1n) is 7.89. The van der Waals surface area contributed by atoms with E-state index in [1.165, 1.54) is 4.90 Å². The van der Waals surface area contributed by atoms with Crippen molar-refractivity contribution in [1.82, 2.24) is 4.90 Å². The quantitative estimate of drug-likeness (QED) is 0.495. The number of carbonyl (C=O) groups excluding carboxylic acids is 2. The van der Waals surface area contributed by atoms with Crippen molar-refractivity contribution in [2.24, 2.45) is 0 Å². The molecule has 128 valence electrons. The molecule has 1 N–H and O–H groups in total. The molecule has 0 bridgehead atoms. The summed E-state index contributed by atoms with van der Waals surface area (Å²) in [5.74, 6) is 0.338. The van der Waals surface area contributed by atoms with Gasteiger partial charge in [-0.25, -0.2) is 0 Å². The average Bonchev–Trinajstić information content (AvgIpc) is 2.56. The molecular formula is C17H25NO5. The summed E-state index contributed by atoms with van der Waals surface area (Å²) in [7, 11) is 0. The number of ether oxygens (including phenoxy) is 2.